The van der Waals surface area contributed by atoms with Gasteiger partial charge in [0.25, 0.3) is 0 Å². The van der Waals surface area contributed by atoms with Crippen LogP contribution in [0.5, 0.6) is 0 Å². The second-order valence-electron chi connectivity index (χ2n) is 6.64. The highest BCUT2D eigenvalue weighted by Crippen LogP contribution is 2.37. The van der Waals surface area contributed by atoms with Gasteiger partial charge in [-0.15, -0.1) is 6.58 Å². The van der Waals surface area contributed by atoms with Crippen LogP contribution in [0.4, 0.5) is 9.18 Å². The Labute approximate surface area is 115 Å². The number of hydrogen-bond donors (Lipinski definition) is 0. The topological polar surface area (TPSA) is 29.5 Å². The summed E-state index contributed by atoms with van der Waals surface area (Å²) in [5.41, 5.74) is -0.964. The minimum absolute atomic E-state index is 0.341. The average molecular weight is 271 g/mol. The number of likely N-dealkylation sites (tertiary alicyclic amines) is 1. The molecule has 0 aromatic heterocycles. The quantitative estimate of drug-likeness (QED) is 0.725. The van der Waals surface area contributed by atoms with Crippen LogP contribution in [0.3, 0.4) is 0 Å². The van der Waals surface area contributed by atoms with Crippen molar-refractivity contribution in [1.82, 2.24) is 4.90 Å². The van der Waals surface area contributed by atoms with Gasteiger partial charge in [-0.2, -0.15) is 0 Å². The number of halogens is 1. The highest BCUT2D eigenvalue weighted by Gasteiger charge is 2.43. The Morgan fingerprint density at radius 3 is 2.74 bits per heavy atom. The molecule has 0 saturated carbocycles. The molecule has 19 heavy (non-hydrogen) atoms. The smallest absolute Gasteiger partial charge is 0.410 e. The number of hydrogen-bond acceptors (Lipinski definition) is 2. The summed E-state index contributed by atoms with van der Waals surface area (Å²) in [4.78, 5) is 13.6. The van der Waals surface area contributed by atoms with E-state index in [0.717, 1.165) is 0 Å². The molecule has 0 spiro atoms. The van der Waals surface area contributed by atoms with E-state index in [1.165, 1.54) is 0 Å². The summed E-state index contributed by atoms with van der Waals surface area (Å²) in [6.45, 7) is 12.0. The van der Waals surface area contributed by atoms with Gasteiger partial charge in [0, 0.05) is 18.5 Å². The van der Waals surface area contributed by atoms with Gasteiger partial charge in [-0.3, -0.25) is 0 Å². The summed E-state index contributed by atoms with van der Waals surface area (Å²) in [6, 6.07) is 0. The van der Waals surface area contributed by atoms with Crippen molar-refractivity contribution >= 4 is 6.09 Å². The minimum atomic E-state index is -0.905. The van der Waals surface area contributed by atoms with Crippen LogP contribution in [-0.2, 0) is 4.74 Å². The molecule has 1 aliphatic rings. The lowest BCUT2D eigenvalue weighted by atomic mass is 9.82. The summed E-state index contributed by atoms with van der Waals surface area (Å²) in [6.07, 6.45) is 2.32. The normalized spacial score (nSPS) is 25.2. The molecule has 0 aliphatic carbocycles. The molecular formula is C15H26FNO2. The standard InChI is InChI=1S/C15H26FNO2/c1-6-7-8-12(16)15(5)9-10-17(11-15)13(18)19-14(2,3)4/h6,12H,1,7-11H2,2-5H3/t12?,15-/m1/s1. The molecule has 0 N–H and O–H groups in total. The van der Waals surface area contributed by atoms with E-state index in [4.69, 9.17) is 4.74 Å². The largest absolute Gasteiger partial charge is 0.444 e. The predicted octanol–water partition coefficient (Wildman–Crippen LogP) is 3.94. The first-order valence-corrected chi connectivity index (χ1v) is 6.91. The Hall–Kier alpha value is -1.06. The third-order valence-electron chi connectivity index (χ3n) is 3.54. The Morgan fingerprint density at radius 1 is 1.58 bits per heavy atom. The molecular weight excluding hydrogens is 245 g/mol. The monoisotopic (exact) mass is 271 g/mol. The van der Waals surface area contributed by atoms with Crippen LogP contribution in [0.2, 0.25) is 0 Å². The lowest BCUT2D eigenvalue weighted by Crippen LogP contribution is -2.38. The number of allylic oxidation sites excluding steroid dienone is 1. The molecule has 1 heterocycles. The first kappa shape index (κ1) is 16.0. The van der Waals surface area contributed by atoms with Crippen molar-refractivity contribution in [2.24, 2.45) is 5.41 Å². The van der Waals surface area contributed by atoms with E-state index in [9.17, 15) is 9.18 Å². The van der Waals surface area contributed by atoms with Crippen LogP contribution in [0.1, 0.15) is 47.0 Å². The zero-order valence-corrected chi connectivity index (χ0v) is 12.5. The zero-order chi connectivity index (χ0) is 14.7. The van der Waals surface area contributed by atoms with Crippen LogP contribution in [0, 0.1) is 5.41 Å². The maximum Gasteiger partial charge on any atom is 0.410 e. The van der Waals surface area contributed by atoms with Gasteiger partial charge >= 0.3 is 6.09 Å². The van der Waals surface area contributed by atoms with Gasteiger partial charge < -0.3 is 9.64 Å². The lowest BCUT2D eigenvalue weighted by molar-refractivity contribution is 0.0249. The van der Waals surface area contributed by atoms with Gasteiger partial charge in [0.2, 0.25) is 0 Å². The predicted molar refractivity (Wildman–Crippen MR) is 74.9 cm³/mol. The molecule has 2 atom stereocenters. The number of ether oxygens (including phenoxy) is 1. The van der Waals surface area contributed by atoms with Gasteiger partial charge in [-0.1, -0.05) is 13.0 Å². The number of amides is 1. The van der Waals surface area contributed by atoms with E-state index in [2.05, 4.69) is 6.58 Å². The molecule has 110 valence electrons. The number of nitrogens with zero attached hydrogens (tertiary/aromatic N) is 1. The third-order valence-corrected chi connectivity index (χ3v) is 3.54. The van der Waals surface area contributed by atoms with Gasteiger partial charge in [0.1, 0.15) is 11.8 Å². The molecule has 1 rings (SSSR count). The van der Waals surface area contributed by atoms with Gasteiger partial charge in [-0.05, 0) is 40.0 Å². The van der Waals surface area contributed by atoms with E-state index in [1.54, 1.807) is 11.0 Å². The van der Waals surface area contributed by atoms with Crippen molar-refractivity contribution in [3.8, 4) is 0 Å². The van der Waals surface area contributed by atoms with Crippen molar-refractivity contribution in [1.29, 1.82) is 0 Å². The number of rotatable bonds is 4. The van der Waals surface area contributed by atoms with Crippen molar-refractivity contribution in [2.45, 2.75) is 58.7 Å². The molecule has 0 aromatic carbocycles. The molecule has 3 nitrogen and oxygen atoms in total. The van der Waals surface area contributed by atoms with Crippen molar-refractivity contribution in [3.63, 3.8) is 0 Å². The fourth-order valence-electron chi connectivity index (χ4n) is 2.34. The highest BCUT2D eigenvalue weighted by atomic mass is 19.1. The van der Waals surface area contributed by atoms with E-state index < -0.39 is 17.2 Å². The van der Waals surface area contributed by atoms with Crippen LogP contribution in [0.25, 0.3) is 0 Å². The molecule has 0 aromatic rings. The minimum Gasteiger partial charge on any atom is -0.444 e. The molecule has 1 amide bonds. The van der Waals surface area contributed by atoms with E-state index in [0.29, 0.717) is 32.4 Å². The number of alkyl halides is 1. The molecule has 1 unspecified atom stereocenters. The second kappa shape index (κ2) is 5.93. The third kappa shape index (κ3) is 4.51. The fourth-order valence-corrected chi connectivity index (χ4v) is 2.34. The zero-order valence-electron chi connectivity index (χ0n) is 12.5. The molecule has 1 aliphatic heterocycles. The van der Waals surface area contributed by atoms with Crippen molar-refractivity contribution in [3.05, 3.63) is 12.7 Å². The summed E-state index contributed by atoms with van der Waals surface area (Å²) in [5, 5.41) is 0. The molecule has 4 heteroatoms. The van der Waals surface area contributed by atoms with E-state index in [-0.39, 0.29) is 6.09 Å². The summed E-state index contributed by atoms with van der Waals surface area (Å²) < 4.78 is 19.6. The highest BCUT2D eigenvalue weighted by molar-refractivity contribution is 5.68. The van der Waals surface area contributed by atoms with Gasteiger partial charge in [0.15, 0.2) is 0 Å². The van der Waals surface area contributed by atoms with Crippen LogP contribution in [0.15, 0.2) is 12.7 Å². The lowest BCUT2D eigenvalue weighted by Gasteiger charge is -2.29. The maximum absolute atomic E-state index is 14.2. The van der Waals surface area contributed by atoms with E-state index >= 15 is 0 Å². The van der Waals surface area contributed by atoms with Gasteiger partial charge in [0.05, 0.1) is 0 Å². The van der Waals surface area contributed by atoms with Crippen molar-refractivity contribution < 1.29 is 13.9 Å². The van der Waals surface area contributed by atoms with Crippen molar-refractivity contribution in [2.75, 3.05) is 13.1 Å². The average Bonchev–Trinajstić information content (AvgIpc) is 2.68. The van der Waals surface area contributed by atoms with E-state index in [1.807, 2.05) is 27.7 Å². The Morgan fingerprint density at radius 2 is 2.21 bits per heavy atom. The van der Waals surface area contributed by atoms with Crippen LogP contribution in [-0.4, -0.2) is 35.9 Å². The summed E-state index contributed by atoms with van der Waals surface area (Å²) in [5.74, 6) is 0. The fraction of sp³-hybridized carbons (Fsp3) is 0.800. The summed E-state index contributed by atoms with van der Waals surface area (Å²) >= 11 is 0. The molecule has 1 saturated heterocycles. The summed E-state index contributed by atoms with van der Waals surface area (Å²) in [7, 11) is 0. The first-order valence-electron chi connectivity index (χ1n) is 6.91. The molecule has 1 fully saturated rings. The Bertz CT molecular complexity index is 338. The first-order chi connectivity index (χ1) is 8.68. The maximum atomic E-state index is 14.2. The number of carbonyl (C=O) groups is 1. The SMILES string of the molecule is C=CCCC(F)[C@]1(C)CCN(C(=O)OC(C)(C)C)C1. The van der Waals surface area contributed by atoms with Crippen LogP contribution < -0.4 is 0 Å². The van der Waals surface area contributed by atoms with Crippen LogP contribution >= 0.6 is 0 Å². The Balaban J connectivity index is 2.56. The van der Waals surface area contributed by atoms with Gasteiger partial charge in [-0.25, -0.2) is 9.18 Å². The Kier molecular flexibility index (Phi) is 4.99. The number of carbonyl (C=O) groups excluding carboxylic acids is 1. The molecule has 0 bridgehead atoms. The second-order valence-corrected chi connectivity index (χ2v) is 6.64. The molecule has 0 radical (unpaired) electrons.